The van der Waals surface area contributed by atoms with E-state index in [1.165, 1.54) is 11.1 Å². The predicted molar refractivity (Wildman–Crippen MR) is 59.4 cm³/mol. The van der Waals surface area contributed by atoms with Crippen LogP contribution < -0.4 is 0 Å². The van der Waals surface area contributed by atoms with Crippen molar-refractivity contribution in [3.8, 4) is 0 Å². The fourth-order valence-corrected chi connectivity index (χ4v) is 2.02. The number of halogens is 1. The molecular weight excluding hydrogens is 180 g/mol. The Hall–Kier alpha value is -0.750. The molecule has 0 aromatic heterocycles. The van der Waals surface area contributed by atoms with Crippen LogP contribution in [-0.4, -0.2) is 0 Å². The Labute approximate surface area is 85.2 Å². The molecule has 0 fully saturated rings. The molecule has 1 heteroatoms. The zero-order valence-electron chi connectivity index (χ0n) is 8.39. The van der Waals surface area contributed by atoms with Gasteiger partial charge in [0.15, 0.2) is 0 Å². The van der Waals surface area contributed by atoms with Gasteiger partial charge in [-0.15, -0.1) is 6.58 Å². The average molecular weight is 195 g/mol. The predicted octanol–water partition coefficient (Wildman–Crippen LogP) is 4.11. The van der Waals surface area contributed by atoms with Crippen LogP contribution in [0.5, 0.6) is 0 Å². The van der Waals surface area contributed by atoms with Crippen LogP contribution in [0.3, 0.4) is 0 Å². The summed E-state index contributed by atoms with van der Waals surface area (Å²) in [6.07, 6.45) is 1.93. The van der Waals surface area contributed by atoms with Gasteiger partial charge in [0.2, 0.25) is 0 Å². The van der Waals surface area contributed by atoms with Gasteiger partial charge < -0.3 is 0 Å². The van der Waals surface area contributed by atoms with E-state index in [0.717, 1.165) is 5.02 Å². The summed E-state index contributed by atoms with van der Waals surface area (Å²) in [5.41, 5.74) is 2.34. The Morgan fingerprint density at radius 3 is 2.46 bits per heavy atom. The van der Waals surface area contributed by atoms with E-state index in [0.29, 0.717) is 0 Å². The van der Waals surface area contributed by atoms with Gasteiger partial charge in [0.1, 0.15) is 0 Å². The van der Waals surface area contributed by atoms with Crippen LogP contribution in [0.4, 0.5) is 0 Å². The summed E-state index contributed by atoms with van der Waals surface area (Å²) < 4.78 is 0. The Morgan fingerprint density at radius 1 is 1.38 bits per heavy atom. The van der Waals surface area contributed by atoms with Crippen LogP contribution in [-0.2, 0) is 5.41 Å². The van der Waals surface area contributed by atoms with E-state index in [2.05, 4.69) is 33.4 Å². The maximum absolute atomic E-state index is 6.15. The molecular formula is C12H15Cl. The lowest BCUT2D eigenvalue weighted by Gasteiger charge is -2.24. The van der Waals surface area contributed by atoms with Crippen molar-refractivity contribution in [1.29, 1.82) is 0 Å². The summed E-state index contributed by atoms with van der Waals surface area (Å²) in [6.45, 7) is 10.1. The van der Waals surface area contributed by atoms with Crippen LogP contribution >= 0.6 is 11.6 Å². The largest absolute Gasteiger partial charge is 0.102 e. The van der Waals surface area contributed by atoms with E-state index >= 15 is 0 Å². The Kier molecular flexibility index (Phi) is 2.82. The molecule has 0 spiro atoms. The quantitative estimate of drug-likeness (QED) is 0.622. The van der Waals surface area contributed by atoms with Crippen LogP contribution in [0.15, 0.2) is 30.9 Å². The van der Waals surface area contributed by atoms with Gasteiger partial charge >= 0.3 is 0 Å². The highest BCUT2D eigenvalue weighted by Crippen LogP contribution is 2.33. The molecule has 0 N–H and O–H groups in total. The second-order valence-corrected chi connectivity index (χ2v) is 4.26. The van der Waals surface area contributed by atoms with Crippen molar-refractivity contribution in [1.82, 2.24) is 0 Å². The van der Waals surface area contributed by atoms with Crippen molar-refractivity contribution >= 4 is 11.6 Å². The van der Waals surface area contributed by atoms with Crippen LogP contribution in [0.25, 0.3) is 0 Å². The molecule has 0 saturated heterocycles. The van der Waals surface area contributed by atoms with Gasteiger partial charge in [-0.2, -0.15) is 0 Å². The third-order valence-corrected chi connectivity index (χ3v) is 2.69. The fourth-order valence-electron chi connectivity index (χ4n) is 1.55. The van der Waals surface area contributed by atoms with Crippen molar-refractivity contribution in [2.75, 3.05) is 0 Å². The topological polar surface area (TPSA) is 0 Å². The molecule has 0 unspecified atom stereocenters. The van der Waals surface area contributed by atoms with Crippen molar-refractivity contribution in [3.05, 3.63) is 47.0 Å². The molecule has 1 aromatic carbocycles. The lowest BCUT2D eigenvalue weighted by Crippen LogP contribution is -2.15. The summed E-state index contributed by atoms with van der Waals surface area (Å²) in [7, 11) is 0. The van der Waals surface area contributed by atoms with Gasteiger partial charge in [0, 0.05) is 10.4 Å². The third kappa shape index (κ3) is 1.94. The summed E-state index contributed by atoms with van der Waals surface area (Å²) in [4.78, 5) is 0. The van der Waals surface area contributed by atoms with E-state index in [1.54, 1.807) is 0 Å². The molecule has 1 aromatic rings. The molecule has 0 radical (unpaired) electrons. The van der Waals surface area contributed by atoms with Gasteiger partial charge in [-0.05, 0) is 24.1 Å². The number of hydrogen-bond donors (Lipinski definition) is 0. The van der Waals surface area contributed by atoms with Crippen molar-refractivity contribution in [3.63, 3.8) is 0 Å². The number of allylic oxidation sites excluding steroid dienone is 1. The molecule has 0 bridgehead atoms. The van der Waals surface area contributed by atoms with E-state index < -0.39 is 0 Å². The molecule has 0 aliphatic carbocycles. The molecule has 0 atom stereocenters. The lowest BCUT2D eigenvalue weighted by atomic mass is 9.82. The Bertz CT molecular complexity index is 304. The van der Waals surface area contributed by atoms with E-state index in [9.17, 15) is 0 Å². The van der Waals surface area contributed by atoms with E-state index in [4.69, 9.17) is 11.6 Å². The highest BCUT2D eigenvalue weighted by atomic mass is 35.5. The summed E-state index contributed by atoms with van der Waals surface area (Å²) in [6, 6.07) is 5.97. The minimum atomic E-state index is -0.0531. The zero-order chi connectivity index (χ0) is 10.1. The highest BCUT2D eigenvalue weighted by molar-refractivity contribution is 6.31. The molecule has 1 rings (SSSR count). The number of hydrogen-bond acceptors (Lipinski definition) is 0. The van der Waals surface area contributed by atoms with E-state index in [-0.39, 0.29) is 5.41 Å². The molecule has 0 heterocycles. The van der Waals surface area contributed by atoms with Gasteiger partial charge in [0.25, 0.3) is 0 Å². The minimum absolute atomic E-state index is 0.0531. The molecule has 70 valence electrons. The summed E-state index contributed by atoms with van der Waals surface area (Å²) in [5, 5.41) is 0.824. The first-order valence-electron chi connectivity index (χ1n) is 4.38. The van der Waals surface area contributed by atoms with Gasteiger partial charge in [-0.25, -0.2) is 0 Å². The number of rotatable bonds is 2. The zero-order valence-corrected chi connectivity index (χ0v) is 9.15. The molecule has 0 nitrogen and oxygen atoms in total. The maximum atomic E-state index is 6.15. The van der Waals surface area contributed by atoms with Crippen LogP contribution in [0.1, 0.15) is 25.0 Å². The Morgan fingerprint density at radius 2 is 2.00 bits per heavy atom. The van der Waals surface area contributed by atoms with Gasteiger partial charge in [-0.1, -0.05) is 43.7 Å². The third-order valence-electron chi connectivity index (χ3n) is 2.38. The fraction of sp³-hybridized carbons (Fsp3) is 0.333. The second kappa shape index (κ2) is 3.55. The SMILES string of the molecule is C=CC(C)(C)c1c(C)cccc1Cl. The number of benzene rings is 1. The van der Waals surface area contributed by atoms with E-state index in [1.807, 2.05) is 18.2 Å². The van der Waals surface area contributed by atoms with Crippen molar-refractivity contribution in [2.24, 2.45) is 0 Å². The monoisotopic (exact) mass is 194 g/mol. The Balaban J connectivity index is 3.36. The summed E-state index contributed by atoms with van der Waals surface area (Å²) >= 11 is 6.15. The van der Waals surface area contributed by atoms with Gasteiger partial charge in [-0.3, -0.25) is 0 Å². The van der Waals surface area contributed by atoms with Crippen molar-refractivity contribution in [2.45, 2.75) is 26.2 Å². The van der Waals surface area contributed by atoms with Crippen molar-refractivity contribution < 1.29 is 0 Å². The molecule has 0 amide bonds. The molecule has 0 aliphatic heterocycles. The van der Waals surface area contributed by atoms with Gasteiger partial charge in [0.05, 0.1) is 0 Å². The first kappa shape index (κ1) is 10.3. The minimum Gasteiger partial charge on any atom is -0.102 e. The number of aryl methyl sites for hydroxylation is 1. The molecule has 13 heavy (non-hydrogen) atoms. The highest BCUT2D eigenvalue weighted by Gasteiger charge is 2.20. The smallest absolute Gasteiger partial charge is 0.0449 e. The average Bonchev–Trinajstić information content (AvgIpc) is 2.03. The maximum Gasteiger partial charge on any atom is 0.0449 e. The first-order chi connectivity index (χ1) is 5.99. The lowest BCUT2D eigenvalue weighted by molar-refractivity contribution is 0.667. The second-order valence-electron chi connectivity index (χ2n) is 3.86. The summed E-state index contributed by atoms with van der Waals surface area (Å²) in [5.74, 6) is 0. The van der Waals surface area contributed by atoms with Crippen LogP contribution in [0, 0.1) is 6.92 Å². The standard InChI is InChI=1S/C12H15Cl/c1-5-12(3,4)11-9(2)7-6-8-10(11)13/h5-8H,1H2,2-4H3. The molecule has 0 aliphatic rings. The van der Waals surface area contributed by atoms with Crippen LogP contribution in [0.2, 0.25) is 5.02 Å². The normalized spacial score (nSPS) is 11.4. The first-order valence-corrected chi connectivity index (χ1v) is 4.76. The molecule has 0 saturated carbocycles.